The molecule has 0 aromatic heterocycles. The quantitative estimate of drug-likeness (QED) is 0.533. The molecule has 20 heavy (non-hydrogen) atoms. The van der Waals surface area contributed by atoms with E-state index in [2.05, 4.69) is 10.1 Å². The SMILES string of the molecule is COC(=O)C1CN(C(=O)NCC(C)(O)C(=O)O)CCO1. The molecule has 0 saturated carbocycles. The fourth-order valence-corrected chi connectivity index (χ4v) is 1.54. The Bertz CT molecular complexity index is 396. The number of carbonyl (C=O) groups is 3. The lowest BCUT2D eigenvalue weighted by Gasteiger charge is -2.32. The molecule has 2 unspecified atom stereocenters. The Kier molecular flexibility index (Phi) is 5.28. The van der Waals surface area contributed by atoms with Gasteiger partial charge in [-0.25, -0.2) is 14.4 Å². The number of hydrogen-bond acceptors (Lipinski definition) is 6. The Morgan fingerprint density at radius 1 is 1.50 bits per heavy atom. The summed E-state index contributed by atoms with van der Waals surface area (Å²) in [5.41, 5.74) is -2.05. The zero-order valence-electron chi connectivity index (χ0n) is 11.3. The largest absolute Gasteiger partial charge is 0.479 e. The number of ether oxygens (including phenoxy) is 2. The van der Waals surface area contributed by atoms with Gasteiger partial charge in [0, 0.05) is 6.54 Å². The van der Waals surface area contributed by atoms with Gasteiger partial charge in [-0.05, 0) is 6.92 Å². The van der Waals surface area contributed by atoms with Crippen LogP contribution in [0.2, 0.25) is 0 Å². The summed E-state index contributed by atoms with van der Waals surface area (Å²) in [5.74, 6) is -2.02. The Morgan fingerprint density at radius 3 is 2.70 bits per heavy atom. The van der Waals surface area contributed by atoms with E-state index in [1.165, 1.54) is 12.0 Å². The van der Waals surface area contributed by atoms with E-state index < -0.39 is 36.2 Å². The molecule has 9 heteroatoms. The van der Waals surface area contributed by atoms with Crippen molar-refractivity contribution in [2.75, 3.05) is 33.4 Å². The topological polar surface area (TPSA) is 125 Å². The first-order chi connectivity index (χ1) is 9.27. The molecule has 1 aliphatic rings. The molecule has 0 aromatic rings. The second-order valence-corrected chi connectivity index (χ2v) is 4.57. The molecular weight excluding hydrogens is 272 g/mol. The third-order valence-electron chi connectivity index (χ3n) is 2.86. The van der Waals surface area contributed by atoms with Crippen molar-refractivity contribution in [2.24, 2.45) is 0 Å². The molecule has 1 saturated heterocycles. The minimum Gasteiger partial charge on any atom is -0.479 e. The van der Waals surface area contributed by atoms with Gasteiger partial charge in [0.15, 0.2) is 11.7 Å². The molecule has 0 spiro atoms. The van der Waals surface area contributed by atoms with Gasteiger partial charge in [0.1, 0.15) is 0 Å². The molecule has 1 aliphatic heterocycles. The number of carbonyl (C=O) groups excluding carboxylic acids is 2. The third-order valence-corrected chi connectivity index (χ3v) is 2.86. The molecule has 0 aromatic carbocycles. The zero-order chi connectivity index (χ0) is 15.3. The van der Waals surface area contributed by atoms with Gasteiger partial charge in [0.25, 0.3) is 0 Å². The number of morpholine rings is 1. The Hall–Kier alpha value is -1.87. The van der Waals surface area contributed by atoms with E-state index in [1.807, 2.05) is 0 Å². The number of esters is 1. The number of methoxy groups -OCH3 is 1. The monoisotopic (exact) mass is 290 g/mol. The predicted octanol–water partition coefficient (Wildman–Crippen LogP) is -1.59. The summed E-state index contributed by atoms with van der Waals surface area (Å²) in [6.07, 6.45) is -0.862. The maximum atomic E-state index is 11.8. The van der Waals surface area contributed by atoms with Gasteiger partial charge in [0.2, 0.25) is 0 Å². The summed E-state index contributed by atoms with van der Waals surface area (Å²) in [7, 11) is 1.22. The van der Waals surface area contributed by atoms with Crippen LogP contribution in [0.1, 0.15) is 6.92 Å². The van der Waals surface area contributed by atoms with E-state index in [4.69, 9.17) is 9.84 Å². The molecular formula is C11H18N2O7. The molecule has 1 fully saturated rings. The average Bonchev–Trinajstić information content (AvgIpc) is 2.43. The van der Waals surface area contributed by atoms with Gasteiger partial charge >= 0.3 is 18.0 Å². The molecule has 0 bridgehead atoms. The molecule has 1 heterocycles. The number of hydrogen-bond donors (Lipinski definition) is 3. The lowest BCUT2D eigenvalue weighted by molar-refractivity contribution is -0.158. The standard InChI is InChI=1S/C11H18N2O7/c1-11(18,9(15)16)6-12-10(17)13-3-4-20-7(5-13)8(14)19-2/h7,18H,3-6H2,1-2H3,(H,12,17)(H,15,16). The molecule has 0 aliphatic carbocycles. The number of urea groups is 1. The van der Waals surface area contributed by atoms with Crippen molar-refractivity contribution in [1.29, 1.82) is 0 Å². The molecule has 2 atom stereocenters. The second kappa shape index (κ2) is 6.53. The molecule has 1 rings (SSSR count). The Morgan fingerprint density at radius 2 is 2.15 bits per heavy atom. The summed E-state index contributed by atoms with van der Waals surface area (Å²) >= 11 is 0. The van der Waals surface area contributed by atoms with Crippen molar-refractivity contribution in [3.8, 4) is 0 Å². The van der Waals surface area contributed by atoms with Crippen molar-refractivity contribution in [3.63, 3.8) is 0 Å². The van der Waals surface area contributed by atoms with Crippen LogP contribution in [0.3, 0.4) is 0 Å². The first-order valence-corrected chi connectivity index (χ1v) is 5.96. The summed E-state index contributed by atoms with van der Waals surface area (Å²) in [6.45, 7) is 1.07. The number of aliphatic hydroxyl groups is 1. The van der Waals surface area contributed by atoms with Crippen molar-refractivity contribution in [1.82, 2.24) is 10.2 Å². The van der Waals surface area contributed by atoms with E-state index in [0.29, 0.717) is 0 Å². The van der Waals surface area contributed by atoms with Gasteiger partial charge in [-0.1, -0.05) is 0 Å². The Balaban J connectivity index is 2.51. The maximum Gasteiger partial charge on any atom is 0.337 e. The van der Waals surface area contributed by atoms with Crippen LogP contribution in [0.4, 0.5) is 4.79 Å². The number of rotatable bonds is 4. The normalized spacial score (nSPS) is 21.8. The summed E-state index contributed by atoms with van der Waals surface area (Å²) in [6, 6.07) is -0.580. The number of aliphatic carboxylic acids is 1. The highest BCUT2D eigenvalue weighted by atomic mass is 16.6. The van der Waals surface area contributed by atoms with Crippen molar-refractivity contribution >= 4 is 18.0 Å². The first kappa shape index (κ1) is 16.2. The molecule has 2 amide bonds. The minimum absolute atomic E-state index is 0.00766. The molecule has 3 N–H and O–H groups in total. The number of carboxylic acid groups (broad SMARTS) is 1. The lowest BCUT2D eigenvalue weighted by Crippen LogP contribution is -2.55. The summed E-state index contributed by atoms with van der Waals surface area (Å²) in [4.78, 5) is 35.1. The van der Waals surface area contributed by atoms with Crippen LogP contribution in [0.15, 0.2) is 0 Å². The van der Waals surface area contributed by atoms with E-state index in [9.17, 15) is 19.5 Å². The van der Waals surface area contributed by atoms with Crippen LogP contribution in [-0.2, 0) is 19.1 Å². The van der Waals surface area contributed by atoms with Crippen LogP contribution in [0.5, 0.6) is 0 Å². The van der Waals surface area contributed by atoms with Crippen LogP contribution >= 0.6 is 0 Å². The van der Waals surface area contributed by atoms with Gasteiger partial charge in [-0.15, -0.1) is 0 Å². The van der Waals surface area contributed by atoms with E-state index in [-0.39, 0.29) is 19.7 Å². The second-order valence-electron chi connectivity index (χ2n) is 4.57. The number of carboxylic acids is 1. The Labute approximate surface area is 115 Å². The van der Waals surface area contributed by atoms with Crippen molar-refractivity contribution < 1.29 is 34.1 Å². The van der Waals surface area contributed by atoms with Gasteiger partial charge < -0.3 is 29.9 Å². The highest BCUT2D eigenvalue weighted by Crippen LogP contribution is 2.08. The van der Waals surface area contributed by atoms with Gasteiger partial charge in [-0.2, -0.15) is 0 Å². The molecule has 114 valence electrons. The molecule has 0 radical (unpaired) electrons. The maximum absolute atomic E-state index is 11.8. The number of nitrogens with zero attached hydrogens (tertiary/aromatic N) is 1. The predicted molar refractivity (Wildman–Crippen MR) is 65.0 cm³/mol. The van der Waals surface area contributed by atoms with Crippen LogP contribution in [0, 0.1) is 0 Å². The lowest BCUT2D eigenvalue weighted by atomic mass is 10.1. The van der Waals surface area contributed by atoms with Crippen LogP contribution in [-0.4, -0.2) is 78.1 Å². The third kappa shape index (κ3) is 4.07. The average molecular weight is 290 g/mol. The van der Waals surface area contributed by atoms with E-state index in [1.54, 1.807) is 0 Å². The van der Waals surface area contributed by atoms with Crippen molar-refractivity contribution in [3.05, 3.63) is 0 Å². The van der Waals surface area contributed by atoms with Crippen LogP contribution in [0.25, 0.3) is 0 Å². The van der Waals surface area contributed by atoms with E-state index in [0.717, 1.165) is 6.92 Å². The zero-order valence-corrected chi connectivity index (χ0v) is 11.3. The minimum atomic E-state index is -2.05. The molecule has 9 nitrogen and oxygen atoms in total. The summed E-state index contributed by atoms with van der Waals surface area (Å²) in [5, 5.41) is 20.5. The highest BCUT2D eigenvalue weighted by Gasteiger charge is 2.33. The smallest absolute Gasteiger partial charge is 0.337 e. The van der Waals surface area contributed by atoms with Gasteiger partial charge in [0.05, 0.1) is 26.8 Å². The first-order valence-electron chi connectivity index (χ1n) is 5.96. The summed E-state index contributed by atoms with van der Waals surface area (Å²) < 4.78 is 9.68. The van der Waals surface area contributed by atoms with Crippen LogP contribution < -0.4 is 5.32 Å². The van der Waals surface area contributed by atoms with Crippen molar-refractivity contribution in [2.45, 2.75) is 18.6 Å². The fraction of sp³-hybridized carbons (Fsp3) is 0.727. The highest BCUT2D eigenvalue weighted by molar-refractivity contribution is 5.80. The number of nitrogens with one attached hydrogen (secondary N) is 1. The van der Waals surface area contributed by atoms with Gasteiger partial charge in [-0.3, -0.25) is 0 Å². The fourth-order valence-electron chi connectivity index (χ4n) is 1.54. The number of amides is 2. The van der Waals surface area contributed by atoms with E-state index >= 15 is 0 Å².